The second kappa shape index (κ2) is 11.8. The molecule has 0 aliphatic carbocycles. The summed E-state index contributed by atoms with van der Waals surface area (Å²) in [6.45, 7) is -1.18. The first-order valence-corrected chi connectivity index (χ1v) is 14.3. The molecule has 44 heavy (non-hydrogen) atoms. The molecule has 3 aromatic rings. The van der Waals surface area contributed by atoms with Crippen LogP contribution in [0.2, 0.25) is 0 Å². The molecule has 0 spiro atoms. The van der Waals surface area contributed by atoms with Crippen molar-refractivity contribution in [2.75, 3.05) is 39.2 Å². The van der Waals surface area contributed by atoms with Gasteiger partial charge in [-0.25, -0.2) is 18.4 Å². The number of carbonyl (C=O) groups is 3. The van der Waals surface area contributed by atoms with Gasteiger partial charge in [-0.2, -0.15) is 0 Å². The third-order valence-electron chi connectivity index (χ3n) is 7.61. The number of morpholine rings is 1. The Balaban J connectivity index is 1.57. The Kier molecular flexibility index (Phi) is 7.90. The molecule has 230 valence electrons. The van der Waals surface area contributed by atoms with Gasteiger partial charge in [0, 0.05) is 28.5 Å². The molecule has 12 nitrogen and oxygen atoms in total. The molecule has 3 atom stereocenters. The zero-order chi connectivity index (χ0) is 31.1. The first kappa shape index (κ1) is 29.4. The van der Waals surface area contributed by atoms with Crippen molar-refractivity contribution >= 4 is 29.8 Å². The van der Waals surface area contributed by atoms with Crippen molar-refractivity contribution in [2.24, 2.45) is 0 Å². The van der Waals surface area contributed by atoms with E-state index in [-0.39, 0.29) is 30.2 Å². The molecular formula is C29H25F2N3O9S. The average Bonchev–Trinajstić information content (AvgIpc) is 3.20. The predicted octanol–water partition coefficient (Wildman–Crippen LogP) is 2.93. The predicted molar refractivity (Wildman–Crippen MR) is 149 cm³/mol. The summed E-state index contributed by atoms with van der Waals surface area (Å²) in [6, 6.07) is 10.2. The van der Waals surface area contributed by atoms with E-state index in [9.17, 15) is 23.6 Å². The Labute approximate surface area is 252 Å². The van der Waals surface area contributed by atoms with Crippen LogP contribution in [-0.2, 0) is 29.5 Å². The molecule has 15 heteroatoms. The van der Waals surface area contributed by atoms with Gasteiger partial charge in [0.25, 0.3) is 5.91 Å². The number of nitrogens with zero attached hydrogens (tertiary/aromatic N) is 3. The number of ether oxygens (including phenoxy) is 5. The number of hydrogen-bond acceptors (Lipinski definition) is 11. The molecule has 1 aromatic heterocycles. The van der Waals surface area contributed by atoms with Crippen LogP contribution in [0.15, 0.2) is 58.4 Å². The molecule has 0 N–H and O–H groups in total. The molecule has 0 saturated carbocycles. The van der Waals surface area contributed by atoms with Crippen molar-refractivity contribution in [1.29, 1.82) is 0 Å². The fourth-order valence-corrected chi connectivity index (χ4v) is 6.73. The van der Waals surface area contributed by atoms with E-state index in [1.807, 2.05) is 18.2 Å². The number of hydrogen-bond donors (Lipinski definition) is 0. The van der Waals surface area contributed by atoms with Gasteiger partial charge in [0.05, 0.1) is 33.4 Å². The summed E-state index contributed by atoms with van der Waals surface area (Å²) < 4.78 is 56.8. The Morgan fingerprint density at radius 1 is 1.05 bits per heavy atom. The number of amides is 1. The summed E-state index contributed by atoms with van der Waals surface area (Å²) in [5.41, 5.74) is 0.333. The molecule has 0 radical (unpaired) electrons. The summed E-state index contributed by atoms with van der Waals surface area (Å²) in [5.74, 6) is -3.70. The molecule has 2 aromatic carbocycles. The summed E-state index contributed by atoms with van der Waals surface area (Å²) in [4.78, 5) is 53.3. The second-order valence-corrected chi connectivity index (χ2v) is 10.9. The first-order chi connectivity index (χ1) is 21.2. The maximum Gasteiger partial charge on any atom is 0.510 e. The highest BCUT2D eigenvalue weighted by atomic mass is 32.2. The number of aromatic nitrogens is 1. The highest BCUT2D eigenvalue weighted by Gasteiger charge is 2.49. The smallest absolute Gasteiger partial charge is 0.467 e. The Morgan fingerprint density at radius 2 is 1.84 bits per heavy atom. The maximum atomic E-state index is 15.4. The second-order valence-electron chi connectivity index (χ2n) is 9.88. The Bertz CT molecular complexity index is 1720. The van der Waals surface area contributed by atoms with E-state index in [1.54, 1.807) is 11.1 Å². The highest BCUT2D eigenvalue weighted by Crippen LogP contribution is 2.45. The molecule has 3 aliphatic rings. The third kappa shape index (κ3) is 4.91. The summed E-state index contributed by atoms with van der Waals surface area (Å²) in [7, 11) is 2.28. The molecule has 1 fully saturated rings. The third-order valence-corrected chi connectivity index (χ3v) is 8.73. The van der Waals surface area contributed by atoms with E-state index in [1.165, 1.54) is 40.7 Å². The molecule has 1 saturated heterocycles. The first-order valence-electron chi connectivity index (χ1n) is 13.3. The Hall–Kier alpha value is -4.63. The van der Waals surface area contributed by atoms with Crippen LogP contribution in [-0.4, -0.2) is 74.0 Å². The van der Waals surface area contributed by atoms with Crippen molar-refractivity contribution in [2.45, 2.75) is 29.0 Å². The lowest BCUT2D eigenvalue weighted by atomic mass is 9.93. The minimum Gasteiger partial charge on any atom is -0.467 e. The summed E-state index contributed by atoms with van der Waals surface area (Å²) >= 11 is 1.33. The largest absolute Gasteiger partial charge is 0.510 e. The van der Waals surface area contributed by atoms with Crippen LogP contribution >= 0.6 is 11.8 Å². The van der Waals surface area contributed by atoms with Crippen LogP contribution in [0.25, 0.3) is 0 Å². The maximum absolute atomic E-state index is 15.4. The molecule has 3 aliphatic heterocycles. The van der Waals surface area contributed by atoms with E-state index in [0.29, 0.717) is 11.1 Å². The van der Waals surface area contributed by atoms with Crippen molar-refractivity contribution in [3.63, 3.8) is 0 Å². The fraction of sp³-hybridized carbons (Fsp3) is 0.310. The van der Waals surface area contributed by atoms with Gasteiger partial charge in [-0.15, -0.1) is 11.8 Å². The fourth-order valence-electron chi connectivity index (χ4n) is 5.62. The SMILES string of the molecule is COC(=O)OCOc1c2n(ccc1=O)N([C@@H]1c3ccccc3SCc3c1ccc(F)c3F)[C@@H]1COC(C(=O)OC)CN1C2=O. The number of carbonyl (C=O) groups excluding carboxylic acids is 3. The lowest BCUT2D eigenvalue weighted by Gasteiger charge is -2.52. The Morgan fingerprint density at radius 3 is 2.61 bits per heavy atom. The molecule has 4 heterocycles. The summed E-state index contributed by atoms with van der Waals surface area (Å²) in [5, 5.41) is 1.71. The van der Waals surface area contributed by atoms with Crippen molar-refractivity contribution < 1.29 is 46.8 Å². The van der Waals surface area contributed by atoms with Crippen LogP contribution in [0.4, 0.5) is 13.6 Å². The van der Waals surface area contributed by atoms with Gasteiger partial charge in [0.15, 0.2) is 23.4 Å². The number of thioether (sulfide) groups is 1. The van der Waals surface area contributed by atoms with Crippen molar-refractivity contribution in [3.8, 4) is 5.75 Å². The number of pyridine rings is 1. The quantitative estimate of drug-likeness (QED) is 0.306. The van der Waals surface area contributed by atoms with E-state index < -0.39 is 65.9 Å². The number of rotatable bonds is 5. The molecule has 1 amide bonds. The van der Waals surface area contributed by atoms with Crippen molar-refractivity contribution in [3.05, 3.63) is 92.9 Å². The lowest BCUT2D eigenvalue weighted by molar-refractivity contribution is -0.162. The van der Waals surface area contributed by atoms with Crippen LogP contribution in [0, 0.1) is 11.6 Å². The van der Waals surface area contributed by atoms with E-state index in [4.69, 9.17) is 18.9 Å². The molecular weight excluding hydrogens is 604 g/mol. The van der Waals surface area contributed by atoms with Gasteiger partial charge < -0.3 is 28.6 Å². The van der Waals surface area contributed by atoms with E-state index in [0.717, 1.165) is 24.1 Å². The minimum absolute atomic E-state index is 0.130. The van der Waals surface area contributed by atoms with Crippen LogP contribution in [0.3, 0.4) is 0 Å². The normalized spacial score (nSPS) is 20.4. The number of fused-ring (bicyclic) bond motifs is 4. The average molecular weight is 630 g/mol. The van der Waals surface area contributed by atoms with E-state index in [2.05, 4.69) is 4.74 Å². The molecule has 6 rings (SSSR count). The van der Waals surface area contributed by atoms with Crippen LogP contribution in [0.5, 0.6) is 5.75 Å². The number of methoxy groups -OCH3 is 2. The monoisotopic (exact) mass is 629 g/mol. The zero-order valence-electron chi connectivity index (χ0n) is 23.4. The van der Waals surface area contributed by atoms with Gasteiger partial charge in [-0.1, -0.05) is 24.3 Å². The highest BCUT2D eigenvalue weighted by molar-refractivity contribution is 7.98. The van der Waals surface area contributed by atoms with Crippen LogP contribution in [0.1, 0.15) is 33.2 Å². The van der Waals surface area contributed by atoms with Crippen molar-refractivity contribution in [1.82, 2.24) is 9.58 Å². The van der Waals surface area contributed by atoms with Gasteiger partial charge >= 0.3 is 12.1 Å². The molecule has 1 unspecified atom stereocenters. The van der Waals surface area contributed by atoms with Gasteiger partial charge in [-0.05, 0) is 23.3 Å². The number of esters is 1. The van der Waals surface area contributed by atoms with Gasteiger partial charge in [-0.3, -0.25) is 19.3 Å². The number of benzene rings is 2. The minimum atomic E-state index is -1.13. The zero-order valence-corrected chi connectivity index (χ0v) is 24.2. The van der Waals surface area contributed by atoms with Gasteiger partial charge in [0.2, 0.25) is 18.0 Å². The standard InChI is InChI=1S/C29H25F2N3O9S/c1-39-28(37)20-11-32-22(12-41-20)34(33-10-9-19(35)26(25(33)27(32)36)42-14-43-29(38)40-2)24-15-7-8-18(30)23(31)17(15)13-44-21-6-4-3-5-16(21)24/h3-10,20,22,24H,11-14H2,1-2H3/t20?,22-,24+/m1/s1. The lowest BCUT2D eigenvalue weighted by Crippen LogP contribution is -2.68. The van der Waals surface area contributed by atoms with E-state index >= 15 is 4.39 Å². The summed E-state index contributed by atoms with van der Waals surface area (Å²) in [6.07, 6.45) is -1.73. The topological polar surface area (TPSA) is 126 Å². The van der Waals surface area contributed by atoms with Crippen LogP contribution < -0.4 is 15.2 Å². The van der Waals surface area contributed by atoms with Gasteiger partial charge in [0.1, 0.15) is 6.17 Å². The number of halogens is 2. The molecule has 0 bridgehead atoms.